The Balaban J connectivity index is 2.01. The van der Waals surface area contributed by atoms with Crippen LogP contribution in [-0.4, -0.2) is 72.0 Å². The number of benzene rings is 1. The number of aliphatic carboxylic acids is 1. The van der Waals surface area contributed by atoms with Gasteiger partial charge < -0.3 is 19.5 Å². The van der Waals surface area contributed by atoms with Gasteiger partial charge in [0.25, 0.3) is 0 Å². The van der Waals surface area contributed by atoms with Crippen molar-refractivity contribution in [1.82, 2.24) is 9.80 Å². The molecule has 1 aliphatic rings. The first-order valence-corrected chi connectivity index (χ1v) is 10.1. The van der Waals surface area contributed by atoms with Crippen molar-refractivity contribution >= 4 is 12.1 Å². The highest BCUT2D eigenvalue weighted by atomic mass is 19.4. The molecule has 0 saturated carbocycles. The van der Waals surface area contributed by atoms with E-state index in [1.807, 2.05) is 4.90 Å². The lowest BCUT2D eigenvalue weighted by atomic mass is 9.95. The quantitative estimate of drug-likeness (QED) is 0.618. The fraction of sp³-hybridized carbons (Fsp3) is 0.619. The standard InChI is InChI=1S/C21H28F4N2O5/c1-13-5-6-15(17(16(13)22)31-12-20(3,4)18(28)29)11-26-7-9-27(10-8-26)19(30)32-14(2)21(23,24)25/h5-6,14H,7-12H2,1-4H3,(H,28,29). The first-order valence-electron chi connectivity index (χ1n) is 10.1. The minimum Gasteiger partial charge on any atom is -0.489 e. The van der Waals surface area contributed by atoms with Crippen LogP contribution in [0.1, 0.15) is 31.9 Å². The van der Waals surface area contributed by atoms with Gasteiger partial charge in [0.05, 0.1) is 5.41 Å². The third-order valence-corrected chi connectivity index (χ3v) is 5.29. The molecule has 1 aromatic carbocycles. The van der Waals surface area contributed by atoms with Gasteiger partial charge in [-0.2, -0.15) is 13.2 Å². The Morgan fingerprint density at radius 3 is 2.28 bits per heavy atom. The molecule has 0 spiro atoms. The Morgan fingerprint density at radius 1 is 1.16 bits per heavy atom. The second-order valence-corrected chi connectivity index (χ2v) is 8.49. The number of hydrogen-bond donors (Lipinski definition) is 1. The second kappa shape index (κ2) is 9.93. The Bertz CT molecular complexity index is 836. The van der Waals surface area contributed by atoms with E-state index in [0.29, 0.717) is 24.2 Å². The van der Waals surface area contributed by atoms with E-state index in [1.54, 1.807) is 19.1 Å². The number of carbonyl (C=O) groups excluding carboxylic acids is 1. The van der Waals surface area contributed by atoms with Crippen LogP contribution in [-0.2, 0) is 16.1 Å². The third-order valence-electron chi connectivity index (χ3n) is 5.29. The molecule has 1 aromatic rings. The van der Waals surface area contributed by atoms with Crippen molar-refractivity contribution in [2.24, 2.45) is 5.41 Å². The molecule has 0 aliphatic carbocycles. The fourth-order valence-corrected chi connectivity index (χ4v) is 2.91. The number of aryl methyl sites for hydroxylation is 1. The largest absolute Gasteiger partial charge is 0.489 e. The molecule has 180 valence electrons. The SMILES string of the molecule is Cc1ccc(CN2CCN(C(=O)OC(C)C(F)(F)F)CC2)c(OCC(C)(C)C(=O)O)c1F. The van der Waals surface area contributed by atoms with Gasteiger partial charge in [0, 0.05) is 38.3 Å². The molecule has 1 unspecified atom stereocenters. The number of carbonyl (C=O) groups is 2. The molecule has 1 heterocycles. The molecule has 0 bridgehead atoms. The van der Waals surface area contributed by atoms with Gasteiger partial charge in [-0.05, 0) is 33.3 Å². The van der Waals surface area contributed by atoms with Gasteiger partial charge in [-0.1, -0.05) is 12.1 Å². The lowest BCUT2D eigenvalue weighted by molar-refractivity contribution is -0.200. The maximum absolute atomic E-state index is 14.7. The van der Waals surface area contributed by atoms with Crippen LogP contribution in [0.2, 0.25) is 0 Å². The third kappa shape index (κ3) is 6.47. The zero-order valence-electron chi connectivity index (χ0n) is 18.5. The zero-order chi connectivity index (χ0) is 24.3. The Labute approximate surface area is 183 Å². The molecule has 32 heavy (non-hydrogen) atoms. The second-order valence-electron chi connectivity index (χ2n) is 8.49. The summed E-state index contributed by atoms with van der Waals surface area (Å²) in [5, 5.41) is 9.26. The van der Waals surface area contributed by atoms with Crippen LogP contribution >= 0.6 is 0 Å². The van der Waals surface area contributed by atoms with Gasteiger partial charge in [0.2, 0.25) is 0 Å². The molecular weight excluding hydrogens is 436 g/mol. The van der Waals surface area contributed by atoms with E-state index in [1.165, 1.54) is 18.7 Å². The lowest BCUT2D eigenvalue weighted by Gasteiger charge is -2.35. The smallest absolute Gasteiger partial charge is 0.425 e. The maximum atomic E-state index is 14.7. The number of halogens is 4. The van der Waals surface area contributed by atoms with E-state index in [0.717, 1.165) is 6.92 Å². The Kier molecular flexibility index (Phi) is 7.97. The first-order chi connectivity index (χ1) is 14.7. The van der Waals surface area contributed by atoms with Gasteiger partial charge in [0.15, 0.2) is 17.7 Å². The summed E-state index contributed by atoms with van der Waals surface area (Å²) in [6, 6.07) is 3.28. The van der Waals surface area contributed by atoms with Crippen molar-refractivity contribution in [2.75, 3.05) is 32.8 Å². The maximum Gasteiger partial charge on any atom is 0.425 e. The zero-order valence-corrected chi connectivity index (χ0v) is 18.5. The number of alkyl halides is 3. The van der Waals surface area contributed by atoms with Crippen molar-refractivity contribution in [2.45, 2.75) is 46.5 Å². The highest BCUT2D eigenvalue weighted by molar-refractivity contribution is 5.73. The number of carboxylic acid groups (broad SMARTS) is 1. The summed E-state index contributed by atoms with van der Waals surface area (Å²) in [4.78, 5) is 26.4. The van der Waals surface area contributed by atoms with Crippen LogP contribution in [0, 0.1) is 18.2 Å². The fourth-order valence-electron chi connectivity index (χ4n) is 2.91. The number of ether oxygens (including phenoxy) is 2. The van der Waals surface area contributed by atoms with Crippen LogP contribution in [0.5, 0.6) is 5.75 Å². The van der Waals surface area contributed by atoms with Crippen LogP contribution in [0.4, 0.5) is 22.4 Å². The molecule has 1 saturated heterocycles. The minimum absolute atomic E-state index is 0.0276. The summed E-state index contributed by atoms with van der Waals surface area (Å²) in [7, 11) is 0. The molecule has 7 nitrogen and oxygen atoms in total. The van der Waals surface area contributed by atoms with E-state index in [2.05, 4.69) is 4.74 Å². The van der Waals surface area contributed by atoms with Crippen molar-refractivity contribution in [3.63, 3.8) is 0 Å². The monoisotopic (exact) mass is 464 g/mol. The molecule has 1 atom stereocenters. The topological polar surface area (TPSA) is 79.3 Å². The highest BCUT2D eigenvalue weighted by Gasteiger charge is 2.40. The van der Waals surface area contributed by atoms with Crippen molar-refractivity contribution in [1.29, 1.82) is 0 Å². The van der Waals surface area contributed by atoms with Crippen molar-refractivity contribution < 1.29 is 41.7 Å². The summed E-state index contributed by atoms with van der Waals surface area (Å²) in [5.41, 5.74) is -0.355. The van der Waals surface area contributed by atoms with Crippen LogP contribution in [0.25, 0.3) is 0 Å². The van der Waals surface area contributed by atoms with Crippen LogP contribution in [0.3, 0.4) is 0 Å². The van der Waals surface area contributed by atoms with Crippen LogP contribution < -0.4 is 4.74 Å². The molecule has 0 radical (unpaired) electrons. The molecule has 2 rings (SSSR count). The van der Waals surface area contributed by atoms with Gasteiger partial charge in [-0.25, -0.2) is 9.18 Å². The summed E-state index contributed by atoms with van der Waals surface area (Å²) in [6.45, 7) is 6.31. The summed E-state index contributed by atoms with van der Waals surface area (Å²) in [5.74, 6) is -1.68. The molecule has 0 aromatic heterocycles. The molecule has 1 aliphatic heterocycles. The summed E-state index contributed by atoms with van der Waals surface area (Å²) >= 11 is 0. The number of nitrogens with zero attached hydrogens (tertiary/aromatic N) is 2. The Morgan fingerprint density at radius 2 is 1.75 bits per heavy atom. The summed E-state index contributed by atoms with van der Waals surface area (Å²) in [6.07, 6.45) is -7.85. The van der Waals surface area contributed by atoms with E-state index in [4.69, 9.17) is 4.74 Å². The van der Waals surface area contributed by atoms with E-state index in [9.17, 15) is 32.3 Å². The molecule has 1 amide bonds. The van der Waals surface area contributed by atoms with E-state index < -0.39 is 35.6 Å². The number of hydrogen-bond acceptors (Lipinski definition) is 5. The molecular formula is C21H28F4N2O5. The number of amides is 1. The molecule has 1 fully saturated rings. The van der Waals surface area contributed by atoms with Gasteiger partial charge in [-0.15, -0.1) is 0 Å². The van der Waals surface area contributed by atoms with Crippen molar-refractivity contribution in [3.05, 3.63) is 29.1 Å². The average molecular weight is 464 g/mol. The molecule has 11 heteroatoms. The number of rotatable bonds is 7. The van der Waals surface area contributed by atoms with Gasteiger partial charge in [0.1, 0.15) is 6.61 Å². The van der Waals surface area contributed by atoms with Crippen LogP contribution in [0.15, 0.2) is 12.1 Å². The van der Waals surface area contributed by atoms with Gasteiger partial charge >= 0.3 is 18.2 Å². The predicted octanol–water partition coefficient (Wildman–Crippen LogP) is 3.83. The minimum atomic E-state index is -4.63. The summed E-state index contributed by atoms with van der Waals surface area (Å²) < 4.78 is 62.5. The Hall–Kier alpha value is -2.56. The van der Waals surface area contributed by atoms with E-state index in [-0.39, 0.29) is 32.0 Å². The van der Waals surface area contributed by atoms with E-state index >= 15 is 0 Å². The predicted molar refractivity (Wildman–Crippen MR) is 107 cm³/mol. The number of carboxylic acids is 1. The lowest BCUT2D eigenvalue weighted by Crippen LogP contribution is -2.49. The average Bonchev–Trinajstić information content (AvgIpc) is 2.70. The number of piperazine rings is 1. The normalized spacial score (nSPS) is 16.6. The van der Waals surface area contributed by atoms with Crippen molar-refractivity contribution in [3.8, 4) is 5.75 Å². The van der Waals surface area contributed by atoms with Gasteiger partial charge in [-0.3, -0.25) is 9.69 Å². The highest BCUT2D eigenvalue weighted by Crippen LogP contribution is 2.29. The first kappa shape index (κ1) is 25.7. The molecule has 1 N–H and O–H groups in total.